The maximum atomic E-state index is 12.9. The van der Waals surface area contributed by atoms with Crippen LogP contribution in [0.5, 0.6) is 0 Å². The Bertz CT molecular complexity index is 387. The number of nitrogens with zero attached hydrogens (tertiary/aromatic N) is 2. The summed E-state index contributed by atoms with van der Waals surface area (Å²) in [6, 6.07) is 0.986. The van der Waals surface area contributed by atoms with Gasteiger partial charge in [-0.15, -0.1) is 0 Å². The first-order chi connectivity index (χ1) is 7.56. The van der Waals surface area contributed by atoms with Crippen LogP contribution in [0.4, 0.5) is 10.2 Å². The number of thioether (sulfide) groups is 1. The van der Waals surface area contributed by atoms with E-state index in [9.17, 15) is 9.18 Å². The number of carboxylic acids is 1. The number of anilines is 1. The first kappa shape index (κ1) is 12.8. The molecular weight excluding hydrogens is 231 g/mol. The summed E-state index contributed by atoms with van der Waals surface area (Å²) in [6.45, 7) is 0.667. The zero-order valence-electron chi connectivity index (χ0n) is 9.11. The van der Waals surface area contributed by atoms with Crippen molar-refractivity contribution >= 4 is 23.5 Å². The maximum Gasteiger partial charge on any atom is 0.339 e. The highest BCUT2D eigenvalue weighted by molar-refractivity contribution is 7.98. The van der Waals surface area contributed by atoms with Crippen molar-refractivity contribution in [2.45, 2.75) is 0 Å². The van der Waals surface area contributed by atoms with Crippen LogP contribution in [0.3, 0.4) is 0 Å². The summed E-state index contributed by atoms with van der Waals surface area (Å²) in [5, 5.41) is 8.93. The van der Waals surface area contributed by atoms with Crippen molar-refractivity contribution in [2.24, 2.45) is 0 Å². The lowest BCUT2D eigenvalue weighted by Crippen LogP contribution is -2.24. The monoisotopic (exact) mass is 244 g/mol. The Hall–Kier alpha value is -1.30. The van der Waals surface area contributed by atoms with E-state index < -0.39 is 11.8 Å². The van der Waals surface area contributed by atoms with E-state index in [0.717, 1.165) is 18.0 Å². The third kappa shape index (κ3) is 3.10. The van der Waals surface area contributed by atoms with Gasteiger partial charge in [0.15, 0.2) is 0 Å². The molecule has 0 aliphatic carbocycles. The minimum absolute atomic E-state index is 0.108. The summed E-state index contributed by atoms with van der Waals surface area (Å²) in [5.74, 6) is -0.658. The van der Waals surface area contributed by atoms with Crippen LogP contribution in [0.15, 0.2) is 12.3 Å². The number of hydrogen-bond donors (Lipinski definition) is 1. The molecule has 16 heavy (non-hydrogen) atoms. The van der Waals surface area contributed by atoms with Gasteiger partial charge in [0.1, 0.15) is 17.2 Å². The Balaban J connectivity index is 2.98. The summed E-state index contributed by atoms with van der Waals surface area (Å²) in [6.07, 6.45) is 2.99. The predicted molar refractivity (Wildman–Crippen MR) is 62.8 cm³/mol. The molecule has 0 radical (unpaired) electrons. The first-order valence-corrected chi connectivity index (χ1v) is 6.04. The molecule has 0 atom stereocenters. The molecule has 0 spiro atoms. The van der Waals surface area contributed by atoms with Crippen LogP contribution < -0.4 is 4.90 Å². The Kier molecular flexibility index (Phi) is 4.54. The number of carbonyl (C=O) groups is 1. The Morgan fingerprint density at radius 3 is 2.94 bits per heavy atom. The maximum absolute atomic E-state index is 12.9. The van der Waals surface area contributed by atoms with Gasteiger partial charge in [-0.2, -0.15) is 11.8 Å². The van der Waals surface area contributed by atoms with E-state index in [0.29, 0.717) is 12.4 Å². The number of carboxylic acid groups (broad SMARTS) is 1. The number of aromatic carboxylic acids is 1. The predicted octanol–water partition coefficient (Wildman–Crippen LogP) is 1.72. The van der Waals surface area contributed by atoms with Crippen LogP contribution in [0.2, 0.25) is 0 Å². The van der Waals surface area contributed by atoms with Crippen LogP contribution in [0.25, 0.3) is 0 Å². The van der Waals surface area contributed by atoms with Gasteiger partial charge in [0, 0.05) is 19.3 Å². The molecule has 0 saturated heterocycles. The summed E-state index contributed by atoms with van der Waals surface area (Å²) in [7, 11) is 1.74. The highest BCUT2D eigenvalue weighted by atomic mass is 32.2. The zero-order chi connectivity index (χ0) is 12.1. The molecule has 1 rings (SSSR count). The third-order valence-electron chi connectivity index (χ3n) is 2.06. The van der Waals surface area contributed by atoms with Crippen LogP contribution >= 0.6 is 11.8 Å². The number of aromatic nitrogens is 1. The van der Waals surface area contributed by atoms with Crippen LogP contribution in [-0.4, -0.2) is 41.7 Å². The van der Waals surface area contributed by atoms with Gasteiger partial charge in [-0.1, -0.05) is 0 Å². The van der Waals surface area contributed by atoms with Crippen LogP contribution in [0.1, 0.15) is 10.4 Å². The lowest BCUT2D eigenvalue weighted by atomic mass is 10.2. The molecule has 0 aliphatic rings. The fourth-order valence-corrected chi connectivity index (χ4v) is 1.68. The fourth-order valence-electron chi connectivity index (χ4n) is 1.23. The van der Waals surface area contributed by atoms with Gasteiger partial charge in [0.05, 0.1) is 6.20 Å². The molecule has 0 unspecified atom stereocenters. The number of halogens is 1. The second-order valence-corrected chi connectivity index (χ2v) is 4.23. The van der Waals surface area contributed by atoms with Gasteiger partial charge in [-0.05, 0) is 12.3 Å². The quantitative estimate of drug-likeness (QED) is 0.854. The molecule has 0 amide bonds. The largest absolute Gasteiger partial charge is 0.478 e. The second-order valence-electron chi connectivity index (χ2n) is 3.24. The Labute approximate surface area is 97.5 Å². The van der Waals surface area contributed by atoms with Crippen molar-refractivity contribution in [1.29, 1.82) is 0 Å². The van der Waals surface area contributed by atoms with E-state index in [4.69, 9.17) is 5.11 Å². The van der Waals surface area contributed by atoms with E-state index in [2.05, 4.69) is 4.98 Å². The highest BCUT2D eigenvalue weighted by Gasteiger charge is 2.15. The topological polar surface area (TPSA) is 53.4 Å². The van der Waals surface area contributed by atoms with Crippen LogP contribution in [-0.2, 0) is 0 Å². The number of rotatable bonds is 5. The van der Waals surface area contributed by atoms with Crippen molar-refractivity contribution < 1.29 is 14.3 Å². The minimum atomic E-state index is -1.17. The molecule has 1 heterocycles. The molecule has 0 bridgehead atoms. The average molecular weight is 244 g/mol. The summed E-state index contributed by atoms with van der Waals surface area (Å²) in [4.78, 5) is 16.4. The normalized spacial score (nSPS) is 10.2. The van der Waals surface area contributed by atoms with E-state index in [1.165, 1.54) is 0 Å². The van der Waals surface area contributed by atoms with Gasteiger partial charge in [0.2, 0.25) is 0 Å². The lowest BCUT2D eigenvalue weighted by molar-refractivity contribution is 0.0696. The Morgan fingerprint density at radius 1 is 1.69 bits per heavy atom. The van der Waals surface area contributed by atoms with E-state index in [-0.39, 0.29) is 5.56 Å². The molecule has 0 aliphatic heterocycles. The third-order valence-corrected chi connectivity index (χ3v) is 2.65. The number of pyridine rings is 1. The Morgan fingerprint density at radius 2 is 2.38 bits per heavy atom. The molecule has 88 valence electrons. The summed E-state index contributed by atoms with van der Waals surface area (Å²) in [5.41, 5.74) is -0.108. The number of hydrogen-bond acceptors (Lipinski definition) is 4. The smallest absolute Gasteiger partial charge is 0.339 e. The second kappa shape index (κ2) is 5.69. The van der Waals surface area contributed by atoms with Crippen LogP contribution in [0, 0.1) is 5.82 Å². The molecule has 0 aromatic carbocycles. The molecular formula is C10H13FN2O2S. The molecule has 1 aromatic heterocycles. The summed E-state index contributed by atoms with van der Waals surface area (Å²) < 4.78 is 12.9. The van der Waals surface area contributed by atoms with Crippen molar-refractivity contribution in [3.63, 3.8) is 0 Å². The van der Waals surface area contributed by atoms with Gasteiger partial charge in [-0.3, -0.25) is 0 Å². The SMILES string of the molecule is CSCCN(C)c1ncc(F)cc1C(=O)O. The van der Waals surface area contributed by atoms with E-state index >= 15 is 0 Å². The van der Waals surface area contributed by atoms with Gasteiger partial charge in [0.25, 0.3) is 0 Å². The van der Waals surface area contributed by atoms with E-state index in [1.54, 1.807) is 23.7 Å². The molecule has 6 heteroatoms. The van der Waals surface area contributed by atoms with Crippen molar-refractivity contribution in [3.8, 4) is 0 Å². The first-order valence-electron chi connectivity index (χ1n) is 4.65. The van der Waals surface area contributed by atoms with Crippen molar-refractivity contribution in [2.75, 3.05) is 30.5 Å². The zero-order valence-corrected chi connectivity index (χ0v) is 9.92. The van der Waals surface area contributed by atoms with E-state index in [1.807, 2.05) is 6.26 Å². The fraction of sp³-hybridized carbons (Fsp3) is 0.400. The highest BCUT2D eigenvalue weighted by Crippen LogP contribution is 2.17. The molecule has 4 nitrogen and oxygen atoms in total. The standard InChI is InChI=1S/C10H13FN2O2S/c1-13(3-4-16-2)9-8(10(14)15)5-7(11)6-12-9/h5-6H,3-4H2,1-2H3,(H,14,15). The average Bonchev–Trinajstić information content (AvgIpc) is 2.25. The van der Waals surface area contributed by atoms with Gasteiger partial charge < -0.3 is 10.0 Å². The lowest BCUT2D eigenvalue weighted by Gasteiger charge is -2.19. The molecule has 1 N–H and O–H groups in total. The van der Waals surface area contributed by atoms with Gasteiger partial charge in [-0.25, -0.2) is 14.2 Å². The van der Waals surface area contributed by atoms with Gasteiger partial charge >= 0.3 is 5.97 Å². The van der Waals surface area contributed by atoms with Crippen molar-refractivity contribution in [3.05, 3.63) is 23.6 Å². The minimum Gasteiger partial charge on any atom is -0.478 e. The van der Waals surface area contributed by atoms with Crippen molar-refractivity contribution in [1.82, 2.24) is 4.98 Å². The molecule has 1 aromatic rings. The molecule has 0 fully saturated rings. The molecule has 0 saturated carbocycles. The summed E-state index contributed by atoms with van der Waals surface area (Å²) >= 11 is 1.65.